The zero-order chi connectivity index (χ0) is 12.3. The molecule has 2 N–H and O–H groups in total. The van der Waals surface area contributed by atoms with E-state index in [0.29, 0.717) is 19.5 Å². The maximum Gasteiger partial charge on any atom is 0.225 e. The lowest BCUT2D eigenvalue weighted by molar-refractivity contribution is -0.138. The van der Waals surface area contributed by atoms with E-state index in [0.717, 1.165) is 0 Å². The number of carbonyl (C=O) groups excluding carboxylic acids is 1. The molecule has 1 aliphatic rings. The van der Waals surface area contributed by atoms with Crippen LogP contribution in [0.5, 0.6) is 0 Å². The van der Waals surface area contributed by atoms with Crippen LogP contribution in [-0.2, 0) is 9.53 Å². The third kappa shape index (κ3) is 3.17. The lowest BCUT2D eigenvalue weighted by atomic mass is 10.0. The maximum absolute atomic E-state index is 12.0. The normalized spacial score (nSPS) is 25.8. The van der Waals surface area contributed by atoms with Crippen LogP contribution in [0.3, 0.4) is 0 Å². The Hall–Kier alpha value is -0.650. The predicted molar refractivity (Wildman–Crippen MR) is 61.1 cm³/mol. The van der Waals surface area contributed by atoms with Crippen molar-refractivity contribution in [2.24, 2.45) is 0 Å². The van der Waals surface area contributed by atoms with E-state index >= 15 is 0 Å². The van der Waals surface area contributed by atoms with Crippen LogP contribution < -0.4 is 5.32 Å². The van der Waals surface area contributed by atoms with E-state index in [1.54, 1.807) is 19.1 Å². The molecular weight excluding hydrogens is 208 g/mol. The van der Waals surface area contributed by atoms with Gasteiger partial charge in [-0.05, 0) is 13.8 Å². The van der Waals surface area contributed by atoms with Gasteiger partial charge < -0.3 is 20.1 Å². The molecular formula is C11H22N2O3. The Morgan fingerprint density at radius 3 is 2.62 bits per heavy atom. The van der Waals surface area contributed by atoms with Crippen molar-refractivity contribution in [3.8, 4) is 0 Å². The quantitative estimate of drug-likeness (QED) is 0.689. The molecule has 1 amide bonds. The number of rotatable bonds is 4. The molecule has 5 nitrogen and oxygen atoms in total. The Labute approximate surface area is 96.8 Å². The van der Waals surface area contributed by atoms with Gasteiger partial charge in [0.2, 0.25) is 5.91 Å². The fourth-order valence-electron chi connectivity index (χ4n) is 1.79. The van der Waals surface area contributed by atoms with Crippen LogP contribution in [0.2, 0.25) is 0 Å². The van der Waals surface area contributed by atoms with E-state index in [4.69, 9.17) is 4.74 Å². The molecule has 1 aliphatic heterocycles. The van der Waals surface area contributed by atoms with Crippen molar-refractivity contribution in [3.05, 3.63) is 0 Å². The number of ether oxygens (including phenoxy) is 1. The lowest BCUT2D eigenvalue weighted by Gasteiger charge is -2.30. The van der Waals surface area contributed by atoms with Crippen molar-refractivity contribution in [1.82, 2.24) is 10.2 Å². The summed E-state index contributed by atoms with van der Waals surface area (Å²) in [4.78, 5) is 13.6. The molecule has 0 bridgehead atoms. The Balaban J connectivity index is 2.53. The molecule has 0 aromatic heterocycles. The molecule has 0 spiro atoms. The fourth-order valence-corrected chi connectivity index (χ4v) is 1.79. The SMILES string of the molecule is COC(C)(C)CC(=O)N(C)[C@@H]1CNC[C@H]1O. The number of carbonyl (C=O) groups is 1. The monoisotopic (exact) mass is 230 g/mol. The molecule has 94 valence electrons. The molecule has 1 saturated heterocycles. The Morgan fingerprint density at radius 2 is 2.19 bits per heavy atom. The summed E-state index contributed by atoms with van der Waals surface area (Å²) in [7, 11) is 3.33. The van der Waals surface area contributed by atoms with Crippen LogP contribution >= 0.6 is 0 Å². The van der Waals surface area contributed by atoms with Gasteiger partial charge in [-0.25, -0.2) is 0 Å². The summed E-state index contributed by atoms with van der Waals surface area (Å²) in [5.74, 6) is -0.000370. The number of aliphatic hydroxyl groups is 1. The molecule has 0 unspecified atom stereocenters. The van der Waals surface area contributed by atoms with Gasteiger partial charge in [0, 0.05) is 27.2 Å². The highest BCUT2D eigenvalue weighted by Gasteiger charge is 2.33. The number of methoxy groups -OCH3 is 1. The van der Waals surface area contributed by atoms with Crippen LogP contribution in [0.4, 0.5) is 0 Å². The summed E-state index contributed by atoms with van der Waals surface area (Å²) in [6.07, 6.45) is -0.150. The molecule has 16 heavy (non-hydrogen) atoms. The van der Waals surface area contributed by atoms with Crippen molar-refractivity contribution in [2.45, 2.75) is 38.0 Å². The number of β-amino-alcohol motifs (C(OH)–C–C–N with tert-alkyl or cyclic N) is 1. The molecule has 2 atom stereocenters. The highest BCUT2D eigenvalue weighted by atomic mass is 16.5. The van der Waals surface area contributed by atoms with Gasteiger partial charge in [0.05, 0.1) is 24.2 Å². The Morgan fingerprint density at radius 1 is 1.56 bits per heavy atom. The number of amides is 1. The highest BCUT2D eigenvalue weighted by molar-refractivity contribution is 5.77. The molecule has 1 fully saturated rings. The molecule has 0 aliphatic carbocycles. The van der Waals surface area contributed by atoms with E-state index in [1.807, 2.05) is 13.8 Å². The minimum absolute atomic E-state index is 0.000370. The molecule has 1 heterocycles. The average molecular weight is 230 g/mol. The summed E-state index contributed by atoms with van der Waals surface area (Å²) in [6.45, 7) is 4.96. The first-order valence-electron chi connectivity index (χ1n) is 5.57. The number of hydrogen-bond donors (Lipinski definition) is 2. The largest absolute Gasteiger partial charge is 0.390 e. The number of hydrogen-bond acceptors (Lipinski definition) is 4. The van der Waals surface area contributed by atoms with Crippen LogP contribution in [0.15, 0.2) is 0 Å². The van der Waals surface area contributed by atoms with Gasteiger partial charge in [-0.2, -0.15) is 0 Å². The number of nitrogens with one attached hydrogen (secondary N) is 1. The molecule has 5 heteroatoms. The fraction of sp³-hybridized carbons (Fsp3) is 0.909. The van der Waals surface area contributed by atoms with Crippen LogP contribution in [0, 0.1) is 0 Å². The van der Waals surface area contributed by atoms with Crippen molar-refractivity contribution in [1.29, 1.82) is 0 Å². The van der Waals surface area contributed by atoms with Crippen molar-refractivity contribution in [2.75, 3.05) is 27.2 Å². The topological polar surface area (TPSA) is 61.8 Å². The smallest absolute Gasteiger partial charge is 0.225 e. The van der Waals surface area contributed by atoms with E-state index in [9.17, 15) is 9.90 Å². The van der Waals surface area contributed by atoms with Crippen LogP contribution in [0.25, 0.3) is 0 Å². The second-order valence-electron chi connectivity index (χ2n) is 4.94. The minimum atomic E-state index is -0.473. The zero-order valence-electron chi connectivity index (χ0n) is 10.5. The lowest BCUT2D eigenvalue weighted by Crippen LogP contribution is -2.46. The first kappa shape index (κ1) is 13.4. The predicted octanol–water partition coefficient (Wildman–Crippen LogP) is -0.407. The van der Waals surface area contributed by atoms with Crippen molar-refractivity contribution < 1.29 is 14.6 Å². The van der Waals surface area contributed by atoms with E-state index in [-0.39, 0.29) is 11.9 Å². The molecule has 1 rings (SSSR count). The maximum atomic E-state index is 12.0. The van der Waals surface area contributed by atoms with Gasteiger partial charge in [0.25, 0.3) is 0 Å². The minimum Gasteiger partial charge on any atom is -0.390 e. The van der Waals surface area contributed by atoms with Crippen molar-refractivity contribution in [3.63, 3.8) is 0 Å². The standard InChI is InChI=1S/C11H22N2O3/c1-11(2,16-4)5-10(15)13(3)8-6-12-7-9(8)14/h8-9,12,14H,5-7H2,1-4H3/t8-,9-/m1/s1. The second-order valence-corrected chi connectivity index (χ2v) is 4.94. The molecule has 0 radical (unpaired) electrons. The van der Waals surface area contributed by atoms with Crippen molar-refractivity contribution >= 4 is 5.91 Å². The van der Waals surface area contributed by atoms with E-state index < -0.39 is 11.7 Å². The summed E-state index contributed by atoms with van der Waals surface area (Å²) >= 11 is 0. The highest BCUT2D eigenvalue weighted by Crippen LogP contribution is 2.17. The first-order chi connectivity index (χ1) is 7.37. The van der Waals surface area contributed by atoms with E-state index in [1.165, 1.54) is 0 Å². The summed E-state index contributed by atoms with van der Waals surface area (Å²) in [5, 5.41) is 12.7. The third-order valence-corrected chi connectivity index (χ3v) is 3.17. The van der Waals surface area contributed by atoms with Gasteiger partial charge in [-0.3, -0.25) is 4.79 Å². The van der Waals surface area contributed by atoms with Gasteiger partial charge in [0.1, 0.15) is 0 Å². The number of nitrogens with zero attached hydrogens (tertiary/aromatic N) is 1. The van der Waals surface area contributed by atoms with Gasteiger partial charge >= 0.3 is 0 Å². The molecule has 0 aromatic carbocycles. The first-order valence-corrected chi connectivity index (χ1v) is 5.57. The Kier molecular flexibility index (Phi) is 4.29. The zero-order valence-corrected chi connectivity index (χ0v) is 10.5. The third-order valence-electron chi connectivity index (χ3n) is 3.17. The van der Waals surface area contributed by atoms with Gasteiger partial charge in [0.15, 0.2) is 0 Å². The molecule has 0 saturated carbocycles. The number of aliphatic hydroxyl groups excluding tert-OH is 1. The summed E-state index contributed by atoms with van der Waals surface area (Å²) < 4.78 is 5.22. The summed E-state index contributed by atoms with van der Waals surface area (Å²) in [6, 6.07) is -0.125. The van der Waals surface area contributed by atoms with Gasteiger partial charge in [-0.15, -0.1) is 0 Å². The second kappa shape index (κ2) is 5.12. The Bertz CT molecular complexity index is 256. The van der Waals surface area contributed by atoms with Gasteiger partial charge in [-0.1, -0.05) is 0 Å². The molecule has 0 aromatic rings. The van der Waals surface area contributed by atoms with E-state index in [2.05, 4.69) is 5.32 Å². The average Bonchev–Trinajstić information content (AvgIpc) is 2.62. The van der Waals surface area contributed by atoms with Crippen LogP contribution in [0.1, 0.15) is 20.3 Å². The number of likely N-dealkylation sites (N-methyl/N-ethyl adjacent to an activating group) is 1. The summed E-state index contributed by atoms with van der Waals surface area (Å²) in [5.41, 5.74) is -0.456. The van der Waals surface area contributed by atoms with Crippen LogP contribution in [-0.4, -0.2) is 60.9 Å².